The standard InChI is InChI=1S/C24H40N2O3S/c1-3-4-5-6-7-8-9-10-11-12-13-14-22-21-25-19-20-26(22)30(27,28)24-17-15-23(29-2)16-18-24/h6-7,15-18,22,25H,3-5,8-14,19-21H2,1-2H3/b7-6-. The molecule has 0 aliphatic carbocycles. The van der Waals surface area contributed by atoms with Crippen molar-refractivity contribution in [1.82, 2.24) is 9.62 Å². The first-order valence-corrected chi connectivity index (χ1v) is 13.0. The zero-order chi connectivity index (χ0) is 21.7. The Kier molecular flexibility index (Phi) is 11.5. The highest BCUT2D eigenvalue weighted by Gasteiger charge is 2.33. The van der Waals surface area contributed by atoms with E-state index < -0.39 is 10.0 Å². The molecule has 5 nitrogen and oxygen atoms in total. The summed E-state index contributed by atoms with van der Waals surface area (Å²) < 4.78 is 33.1. The van der Waals surface area contributed by atoms with Crippen LogP contribution in [0.5, 0.6) is 5.75 Å². The molecule has 1 aromatic carbocycles. The summed E-state index contributed by atoms with van der Waals surface area (Å²) in [6, 6.07) is 6.74. The van der Waals surface area contributed by atoms with Gasteiger partial charge in [0, 0.05) is 25.7 Å². The van der Waals surface area contributed by atoms with Gasteiger partial charge in [-0.15, -0.1) is 0 Å². The van der Waals surface area contributed by atoms with Gasteiger partial charge in [0.2, 0.25) is 10.0 Å². The summed E-state index contributed by atoms with van der Waals surface area (Å²) in [5.41, 5.74) is 0. The van der Waals surface area contributed by atoms with E-state index in [0.29, 0.717) is 23.7 Å². The number of hydrogen-bond acceptors (Lipinski definition) is 4. The lowest BCUT2D eigenvalue weighted by molar-refractivity contribution is 0.250. The zero-order valence-electron chi connectivity index (χ0n) is 18.8. The van der Waals surface area contributed by atoms with Gasteiger partial charge in [0.25, 0.3) is 0 Å². The molecular weight excluding hydrogens is 396 g/mol. The first-order valence-electron chi connectivity index (χ1n) is 11.6. The monoisotopic (exact) mass is 436 g/mol. The number of ether oxygens (including phenoxy) is 1. The van der Waals surface area contributed by atoms with Gasteiger partial charge in [-0.05, 0) is 49.9 Å². The number of benzene rings is 1. The van der Waals surface area contributed by atoms with Crippen molar-refractivity contribution < 1.29 is 13.2 Å². The number of piperazine rings is 1. The van der Waals surface area contributed by atoms with Gasteiger partial charge in [0.05, 0.1) is 12.0 Å². The zero-order valence-corrected chi connectivity index (χ0v) is 19.6. The van der Waals surface area contributed by atoms with Crippen molar-refractivity contribution >= 4 is 10.0 Å². The fourth-order valence-electron chi connectivity index (χ4n) is 3.92. The Morgan fingerprint density at radius 2 is 1.70 bits per heavy atom. The van der Waals surface area contributed by atoms with Crippen molar-refractivity contribution in [3.05, 3.63) is 36.4 Å². The lowest BCUT2D eigenvalue weighted by Gasteiger charge is -2.35. The molecule has 0 amide bonds. The predicted molar refractivity (Wildman–Crippen MR) is 125 cm³/mol. The highest BCUT2D eigenvalue weighted by atomic mass is 32.2. The van der Waals surface area contributed by atoms with Crippen molar-refractivity contribution in [1.29, 1.82) is 0 Å². The van der Waals surface area contributed by atoms with Crippen LogP contribution in [0.4, 0.5) is 0 Å². The molecule has 1 aliphatic heterocycles. The summed E-state index contributed by atoms with van der Waals surface area (Å²) in [5.74, 6) is 0.669. The fourth-order valence-corrected chi connectivity index (χ4v) is 5.57. The summed E-state index contributed by atoms with van der Waals surface area (Å²) in [7, 11) is -1.89. The van der Waals surface area contributed by atoms with Crippen LogP contribution in [0.2, 0.25) is 0 Å². The van der Waals surface area contributed by atoms with Gasteiger partial charge in [0.15, 0.2) is 0 Å². The predicted octanol–water partition coefficient (Wildman–Crippen LogP) is 5.13. The molecule has 1 aromatic rings. The summed E-state index contributed by atoms with van der Waals surface area (Å²) in [4.78, 5) is 0.349. The molecule has 0 radical (unpaired) electrons. The molecule has 1 atom stereocenters. The minimum atomic E-state index is -3.47. The van der Waals surface area contributed by atoms with Crippen LogP contribution in [0.15, 0.2) is 41.3 Å². The number of hydrogen-bond donors (Lipinski definition) is 1. The largest absolute Gasteiger partial charge is 0.497 e. The number of methoxy groups -OCH3 is 1. The maximum atomic E-state index is 13.1. The van der Waals surface area contributed by atoms with Crippen molar-refractivity contribution in [3.8, 4) is 5.75 Å². The van der Waals surface area contributed by atoms with E-state index >= 15 is 0 Å². The molecular formula is C24H40N2O3S. The van der Waals surface area contributed by atoms with Crippen LogP contribution < -0.4 is 10.1 Å². The second-order valence-electron chi connectivity index (χ2n) is 8.11. The molecule has 1 aliphatic rings. The summed E-state index contributed by atoms with van der Waals surface area (Å²) in [6.45, 7) is 4.20. The minimum Gasteiger partial charge on any atom is -0.497 e. The van der Waals surface area contributed by atoms with Crippen LogP contribution in [0.25, 0.3) is 0 Å². The van der Waals surface area contributed by atoms with E-state index in [4.69, 9.17) is 4.74 Å². The molecule has 0 saturated carbocycles. The van der Waals surface area contributed by atoms with E-state index in [0.717, 1.165) is 19.4 Å². The molecule has 1 saturated heterocycles. The highest BCUT2D eigenvalue weighted by molar-refractivity contribution is 7.89. The summed E-state index contributed by atoms with van der Waals surface area (Å²) in [6.07, 6.45) is 16.5. The fraction of sp³-hybridized carbons (Fsp3) is 0.667. The lowest BCUT2D eigenvalue weighted by atomic mass is 10.0. The number of nitrogens with one attached hydrogen (secondary N) is 1. The van der Waals surface area contributed by atoms with Crippen molar-refractivity contribution in [3.63, 3.8) is 0 Å². The average molecular weight is 437 g/mol. The molecule has 170 valence electrons. The Hall–Kier alpha value is -1.37. The number of allylic oxidation sites excluding steroid dienone is 2. The second kappa shape index (κ2) is 13.8. The highest BCUT2D eigenvalue weighted by Crippen LogP contribution is 2.24. The Bertz CT molecular complexity index is 716. The van der Waals surface area contributed by atoms with Crippen LogP contribution in [0.3, 0.4) is 0 Å². The maximum Gasteiger partial charge on any atom is 0.243 e. The van der Waals surface area contributed by atoms with Crippen LogP contribution in [-0.2, 0) is 10.0 Å². The Morgan fingerprint density at radius 3 is 2.40 bits per heavy atom. The topological polar surface area (TPSA) is 58.6 Å². The van der Waals surface area contributed by atoms with Gasteiger partial charge in [0.1, 0.15) is 5.75 Å². The minimum absolute atomic E-state index is 0.0346. The SMILES string of the molecule is CCCC/C=C\CCCCCCCC1CNCCN1S(=O)(=O)c1ccc(OC)cc1. The van der Waals surface area contributed by atoms with Crippen LogP contribution in [0.1, 0.15) is 71.1 Å². The molecule has 1 unspecified atom stereocenters. The molecule has 0 aromatic heterocycles. The van der Waals surface area contributed by atoms with Crippen LogP contribution >= 0.6 is 0 Å². The Balaban J connectivity index is 1.74. The lowest BCUT2D eigenvalue weighted by Crippen LogP contribution is -2.53. The van der Waals surface area contributed by atoms with Crippen LogP contribution in [0, 0.1) is 0 Å². The molecule has 1 N–H and O–H groups in total. The number of unbranched alkanes of at least 4 members (excludes halogenated alkanes) is 7. The van der Waals surface area contributed by atoms with E-state index in [2.05, 4.69) is 24.4 Å². The molecule has 2 rings (SSSR count). The molecule has 0 spiro atoms. The van der Waals surface area contributed by atoms with Crippen molar-refractivity contribution in [2.45, 2.75) is 82.1 Å². The normalized spacial score (nSPS) is 18.1. The third-order valence-corrected chi connectivity index (χ3v) is 7.73. The van der Waals surface area contributed by atoms with Gasteiger partial charge in [-0.3, -0.25) is 0 Å². The average Bonchev–Trinajstić information content (AvgIpc) is 2.77. The van der Waals surface area contributed by atoms with E-state index in [1.54, 1.807) is 35.7 Å². The van der Waals surface area contributed by atoms with Gasteiger partial charge in [-0.1, -0.05) is 57.6 Å². The van der Waals surface area contributed by atoms with Gasteiger partial charge >= 0.3 is 0 Å². The molecule has 30 heavy (non-hydrogen) atoms. The third-order valence-electron chi connectivity index (χ3n) is 5.76. The van der Waals surface area contributed by atoms with Gasteiger partial charge in [-0.25, -0.2) is 8.42 Å². The third kappa shape index (κ3) is 8.05. The van der Waals surface area contributed by atoms with E-state index in [9.17, 15) is 8.42 Å². The Labute approximate surface area is 183 Å². The van der Waals surface area contributed by atoms with E-state index in [1.807, 2.05) is 0 Å². The molecule has 1 fully saturated rings. The number of sulfonamides is 1. The van der Waals surface area contributed by atoms with Gasteiger partial charge in [-0.2, -0.15) is 4.31 Å². The van der Waals surface area contributed by atoms with E-state index in [1.165, 1.54) is 51.4 Å². The first kappa shape index (κ1) is 24.9. The van der Waals surface area contributed by atoms with Crippen LogP contribution in [-0.4, -0.2) is 45.5 Å². The van der Waals surface area contributed by atoms with Crippen molar-refractivity contribution in [2.75, 3.05) is 26.7 Å². The van der Waals surface area contributed by atoms with E-state index in [-0.39, 0.29) is 6.04 Å². The second-order valence-corrected chi connectivity index (χ2v) is 10.00. The molecule has 6 heteroatoms. The maximum absolute atomic E-state index is 13.1. The summed E-state index contributed by atoms with van der Waals surface area (Å²) >= 11 is 0. The van der Waals surface area contributed by atoms with Crippen molar-refractivity contribution in [2.24, 2.45) is 0 Å². The molecule has 1 heterocycles. The summed E-state index contributed by atoms with van der Waals surface area (Å²) in [5, 5.41) is 3.36. The number of rotatable bonds is 14. The van der Waals surface area contributed by atoms with Gasteiger partial charge < -0.3 is 10.1 Å². The Morgan fingerprint density at radius 1 is 1.03 bits per heavy atom. The quantitative estimate of drug-likeness (QED) is 0.324. The number of nitrogens with zero attached hydrogens (tertiary/aromatic N) is 1. The first-order chi connectivity index (χ1) is 14.6. The molecule has 0 bridgehead atoms. The smallest absolute Gasteiger partial charge is 0.243 e.